The monoisotopic (exact) mass is 523 g/mol. The molecule has 1 unspecified atom stereocenters. The summed E-state index contributed by atoms with van der Waals surface area (Å²) < 4.78 is 21.7. The standard InChI is InChI=1S/C28H26ClNO7/c1-15-6-8-17(9-7-15)30-24(16-12-21(35-3)27(37-5)22(13-16)36-4)23(26(32)28(30)33)25(31)19-14-18(34-2)10-11-20(19)29/h6-14,24,31H,1-5H3/b25-23+. The van der Waals surface area contributed by atoms with Gasteiger partial charge in [0.2, 0.25) is 5.75 Å². The van der Waals surface area contributed by atoms with Gasteiger partial charge in [-0.1, -0.05) is 29.3 Å². The van der Waals surface area contributed by atoms with E-state index in [1.54, 1.807) is 36.4 Å². The molecule has 1 atom stereocenters. The van der Waals surface area contributed by atoms with Gasteiger partial charge in [-0.2, -0.15) is 0 Å². The summed E-state index contributed by atoms with van der Waals surface area (Å²) >= 11 is 6.39. The predicted octanol–water partition coefficient (Wildman–Crippen LogP) is 5.31. The molecule has 4 rings (SSSR count). The Morgan fingerprint density at radius 2 is 1.49 bits per heavy atom. The lowest BCUT2D eigenvalue weighted by molar-refractivity contribution is -0.132. The van der Waals surface area contributed by atoms with E-state index in [9.17, 15) is 14.7 Å². The van der Waals surface area contributed by atoms with Gasteiger partial charge in [-0.15, -0.1) is 0 Å². The third kappa shape index (κ3) is 4.56. The van der Waals surface area contributed by atoms with Crippen LogP contribution >= 0.6 is 11.6 Å². The van der Waals surface area contributed by atoms with E-state index in [1.807, 2.05) is 19.1 Å². The minimum Gasteiger partial charge on any atom is -0.507 e. The molecule has 0 bridgehead atoms. The number of benzene rings is 3. The summed E-state index contributed by atoms with van der Waals surface area (Å²) in [6, 6.07) is 14.1. The van der Waals surface area contributed by atoms with Gasteiger partial charge in [0.05, 0.1) is 45.1 Å². The second-order valence-electron chi connectivity index (χ2n) is 8.31. The Labute approximate surface area is 219 Å². The Morgan fingerprint density at radius 3 is 2.03 bits per heavy atom. The van der Waals surface area contributed by atoms with E-state index in [2.05, 4.69) is 0 Å². The maximum absolute atomic E-state index is 13.5. The Balaban J connectivity index is 2.04. The highest BCUT2D eigenvalue weighted by Gasteiger charge is 2.47. The summed E-state index contributed by atoms with van der Waals surface area (Å²) in [5.74, 6) is -0.689. The third-order valence-corrected chi connectivity index (χ3v) is 6.52. The molecule has 1 fully saturated rings. The minimum absolute atomic E-state index is 0.144. The van der Waals surface area contributed by atoms with E-state index in [-0.39, 0.29) is 16.2 Å². The Hall–Kier alpha value is -4.17. The maximum Gasteiger partial charge on any atom is 0.300 e. The van der Waals surface area contributed by atoms with Crippen molar-refractivity contribution in [3.05, 3.63) is 81.9 Å². The van der Waals surface area contributed by atoms with Crippen LogP contribution < -0.4 is 23.8 Å². The number of rotatable bonds is 7. The van der Waals surface area contributed by atoms with Crippen LogP contribution in [0.25, 0.3) is 5.76 Å². The third-order valence-electron chi connectivity index (χ3n) is 6.19. The molecule has 1 heterocycles. The number of Topliss-reactive ketones (excluding diaryl/α,β-unsaturated/α-hetero) is 1. The van der Waals surface area contributed by atoms with Crippen LogP contribution in [0.15, 0.2) is 60.2 Å². The average molecular weight is 524 g/mol. The molecule has 8 nitrogen and oxygen atoms in total. The number of hydrogen-bond acceptors (Lipinski definition) is 7. The first kappa shape index (κ1) is 25.9. The molecule has 1 amide bonds. The molecule has 9 heteroatoms. The van der Waals surface area contributed by atoms with Crippen molar-refractivity contribution in [3.63, 3.8) is 0 Å². The second-order valence-corrected chi connectivity index (χ2v) is 8.72. The Morgan fingerprint density at radius 1 is 0.865 bits per heavy atom. The van der Waals surface area contributed by atoms with Crippen LogP contribution in [0.3, 0.4) is 0 Å². The molecular formula is C28H26ClNO7. The van der Waals surface area contributed by atoms with Crippen molar-refractivity contribution in [2.45, 2.75) is 13.0 Å². The summed E-state index contributed by atoms with van der Waals surface area (Å²) in [6.07, 6.45) is 0. The quantitative estimate of drug-likeness (QED) is 0.255. The van der Waals surface area contributed by atoms with Gasteiger partial charge in [-0.25, -0.2) is 0 Å². The van der Waals surface area contributed by atoms with E-state index >= 15 is 0 Å². The number of amides is 1. The molecule has 1 aliphatic heterocycles. The molecule has 1 N–H and O–H groups in total. The first-order valence-corrected chi connectivity index (χ1v) is 11.6. The van der Waals surface area contributed by atoms with Gasteiger partial charge >= 0.3 is 0 Å². The number of aryl methyl sites for hydroxylation is 1. The highest BCUT2D eigenvalue weighted by atomic mass is 35.5. The van der Waals surface area contributed by atoms with Crippen LogP contribution in [0, 0.1) is 6.92 Å². The molecule has 0 aromatic heterocycles. The number of halogens is 1. The van der Waals surface area contributed by atoms with Crippen LogP contribution in [-0.2, 0) is 9.59 Å². The number of ketones is 1. The number of hydrogen-bond donors (Lipinski definition) is 1. The van der Waals surface area contributed by atoms with Gasteiger partial charge in [0.25, 0.3) is 11.7 Å². The van der Waals surface area contributed by atoms with Crippen LogP contribution in [0.4, 0.5) is 5.69 Å². The summed E-state index contributed by atoms with van der Waals surface area (Å²) in [4.78, 5) is 28.3. The van der Waals surface area contributed by atoms with Gasteiger partial charge in [-0.05, 0) is 55.0 Å². The summed E-state index contributed by atoms with van der Waals surface area (Å²) in [7, 11) is 5.88. The Bertz CT molecular complexity index is 1370. The second kappa shape index (κ2) is 10.4. The normalized spacial score (nSPS) is 16.6. The largest absolute Gasteiger partial charge is 0.507 e. The van der Waals surface area contributed by atoms with Crippen LogP contribution in [0.1, 0.15) is 22.7 Å². The first-order valence-electron chi connectivity index (χ1n) is 11.3. The number of anilines is 1. The van der Waals surface area contributed by atoms with Gasteiger partial charge in [-0.3, -0.25) is 14.5 Å². The summed E-state index contributed by atoms with van der Waals surface area (Å²) in [5.41, 5.74) is 1.92. The molecule has 192 valence electrons. The molecule has 3 aromatic carbocycles. The molecule has 1 saturated heterocycles. The van der Waals surface area contributed by atoms with Crippen molar-refractivity contribution < 1.29 is 33.6 Å². The summed E-state index contributed by atoms with van der Waals surface area (Å²) in [5, 5.41) is 11.6. The van der Waals surface area contributed by atoms with Crippen molar-refractivity contribution in [2.75, 3.05) is 33.3 Å². The van der Waals surface area contributed by atoms with Gasteiger partial charge in [0.1, 0.15) is 11.5 Å². The molecule has 0 saturated carbocycles. The van der Waals surface area contributed by atoms with Gasteiger partial charge < -0.3 is 24.1 Å². The highest BCUT2D eigenvalue weighted by Crippen LogP contribution is 2.47. The summed E-state index contributed by atoms with van der Waals surface area (Å²) in [6.45, 7) is 1.92. The lowest BCUT2D eigenvalue weighted by Gasteiger charge is -2.27. The fraction of sp³-hybridized carbons (Fsp3) is 0.214. The van der Waals surface area contributed by atoms with E-state index in [0.717, 1.165) is 5.56 Å². The topological polar surface area (TPSA) is 94.5 Å². The van der Waals surface area contributed by atoms with E-state index in [0.29, 0.717) is 34.2 Å². The zero-order chi connectivity index (χ0) is 26.9. The molecule has 3 aromatic rings. The zero-order valence-electron chi connectivity index (χ0n) is 21.0. The zero-order valence-corrected chi connectivity index (χ0v) is 21.8. The fourth-order valence-electron chi connectivity index (χ4n) is 4.34. The van der Waals surface area contributed by atoms with Crippen LogP contribution in [0.2, 0.25) is 5.02 Å². The van der Waals surface area contributed by atoms with Crippen molar-refractivity contribution in [1.29, 1.82) is 0 Å². The first-order chi connectivity index (χ1) is 17.7. The van der Waals surface area contributed by atoms with Crippen molar-refractivity contribution in [1.82, 2.24) is 0 Å². The maximum atomic E-state index is 13.5. The smallest absolute Gasteiger partial charge is 0.300 e. The lowest BCUT2D eigenvalue weighted by atomic mass is 9.94. The van der Waals surface area contributed by atoms with Crippen LogP contribution in [-0.4, -0.2) is 45.2 Å². The minimum atomic E-state index is -1.03. The molecule has 0 radical (unpaired) electrons. The van der Waals surface area contributed by atoms with Crippen LogP contribution in [0.5, 0.6) is 23.0 Å². The average Bonchev–Trinajstić information content (AvgIpc) is 3.18. The number of ether oxygens (including phenoxy) is 4. The molecule has 1 aliphatic rings. The van der Waals surface area contributed by atoms with E-state index in [4.69, 9.17) is 30.5 Å². The predicted molar refractivity (Wildman–Crippen MR) is 140 cm³/mol. The fourth-order valence-corrected chi connectivity index (χ4v) is 4.54. The molecule has 37 heavy (non-hydrogen) atoms. The number of methoxy groups -OCH3 is 4. The molecule has 0 aliphatic carbocycles. The number of nitrogens with zero attached hydrogens (tertiary/aromatic N) is 1. The van der Waals surface area contributed by atoms with Crippen molar-refractivity contribution in [3.8, 4) is 23.0 Å². The van der Waals surface area contributed by atoms with E-state index in [1.165, 1.54) is 39.4 Å². The molecular weight excluding hydrogens is 498 g/mol. The number of aliphatic hydroxyl groups excluding tert-OH is 1. The number of carbonyl (C=O) groups is 2. The SMILES string of the molecule is COc1ccc(Cl)c(/C(O)=C2\C(=O)C(=O)N(c3ccc(C)cc3)C2c2cc(OC)c(OC)c(OC)c2)c1. The highest BCUT2D eigenvalue weighted by molar-refractivity contribution is 6.52. The molecule has 0 spiro atoms. The lowest BCUT2D eigenvalue weighted by Crippen LogP contribution is -2.29. The van der Waals surface area contributed by atoms with Crippen molar-refractivity contribution >= 4 is 34.7 Å². The van der Waals surface area contributed by atoms with Gasteiger partial charge in [0.15, 0.2) is 11.5 Å². The Kier molecular flexibility index (Phi) is 7.31. The number of carbonyl (C=O) groups excluding carboxylic acids is 2. The van der Waals surface area contributed by atoms with Crippen molar-refractivity contribution in [2.24, 2.45) is 0 Å². The number of aliphatic hydroxyl groups is 1. The van der Waals surface area contributed by atoms with Gasteiger partial charge in [0, 0.05) is 11.3 Å². The van der Waals surface area contributed by atoms with E-state index < -0.39 is 23.5 Å².